The van der Waals surface area contributed by atoms with Crippen LogP contribution in [0.25, 0.3) is 0 Å². The first-order chi connectivity index (χ1) is 9.77. The molecule has 114 valence electrons. The van der Waals surface area contributed by atoms with Crippen LogP contribution in [0.5, 0.6) is 5.75 Å². The summed E-state index contributed by atoms with van der Waals surface area (Å²) in [6, 6.07) is 8.27. The molecule has 0 aliphatic rings. The molecule has 0 aromatic heterocycles. The van der Waals surface area contributed by atoms with Crippen LogP contribution in [-0.4, -0.2) is 7.11 Å². The second kappa shape index (κ2) is 10.7. The standard InChI is InChI=1S/C18H31NO/c1-3-4-5-6-7-8-9-10-14-18(19)16-12-11-13-17(15-16)20-2/h11-13,15,18H,3-10,14,19H2,1-2H3. The summed E-state index contributed by atoms with van der Waals surface area (Å²) in [6.07, 6.45) is 11.9. The number of unbranched alkanes of at least 4 members (excludes halogenated alkanes) is 7. The fourth-order valence-electron chi connectivity index (χ4n) is 2.54. The van der Waals surface area contributed by atoms with Crippen LogP contribution in [0.1, 0.15) is 76.3 Å². The van der Waals surface area contributed by atoms with Gasteiger partial charge in [0, 0.05) is 6.04 Å². The fourth-order valence-corrected chi connectivity index (χ4v) is 2.54. The van der Waals surface area contributed by atoms with Crippen molar-refractivity contribution in [2.45, 2.75) is 70.8 Å². The number of rotatable bonds is 11. The zero-order chi connectivity index (χ0) is 14.6. The van der Waals surface area contributed by atoms with Crippen LogP contribution in [0, 0.1) is 0 Å². The van der Waals surface area contributed by atoms with Gasteiger partial charge in [-0.15, -0.1) is 0 Å². The highest BCUT2D eigenvalue weighted by Gasteiger charge is 2.06. The molecule has 2 heteroatoms. The summed E-state index contributed by atoms with van der Waals surface area (Å²) in [6.45, 7) is 2.26. The van der Waals surface area contributed by atoms with Gasteiger partial charge >= 0.3 is 0 Å². The predicted octanol–water partition coefficient (Wildman–Crippen LogP) is 5.23. The van der Waals surface area contributed by atoms with Gasteiger partial charge in [0.05, 0.1) is 7.11 Å². The number of benzene rings is 1. The second-order valence-electron chi connectivity index (χ2n) is 5.65. The van der Waals surface area contributed by atoms with Crippen LogP contribution < -0.4 is 10.5 Å². The van der Waals surface area contributed by atoms with E-state index in [-0.39, 0.29) is 6.04 Å². The summed E-state index contributed by atoms with van der Waals surface area (Å²) in [5.74, 6) is 0.897. The summed E-state index contributed by atoms with van der Waals surface area (Å²) >= 11 is 0. The van der Waals surface area contributed by atoms with Gasteiger partial charge in [-0.05, 0) is 24.1 Å². The van der Waals surface area contributed by atoms with E-state index in [4.69, 9.17) is 10.5 Å². The highest BCUT2D eigenvalue weighted by Crippen LogP contribution is 2.22. The van der Waals surface area contributed by atoms with Gasteiger partial charge in [0.2, 0.25) is 0 Å². The lowest BCUT2D eigenvalue weighted by Gasteiger charge is -2.13. The largest absolute Gasteiger partial charge is 0.497 e. The number of hydrogen-bond acceptors (Lipinski definition) is 2. The topological polar surface area (TPSA) is 35.2 Å². The van der Waals surface area contributed by atoms with E-state index in [2.05, 4.69) is 19.1 Å². The van der Waals surface area contributed by atoms with Gasteiger partial charge in [-0.3, -0.25) is 0 Å². The van der Waals surface area contributed by atoms with Crippen molar-refractivity contribution in [1.82, 2.24) is 0 Å². The zero-order valence-corrected chi connectivity index (χ0v) is 13.2. The van der Waals surface area contributed by atoms with Gasteiger partial charge in [-0.1, -0.05) is 70.4 Å². The molecule has 0 amide bonds. The Morgan fingerprint density at radius 1 is 1.00 bits per heavy atom. The van der Waals surface area contributed by atoms with Gasteiger partial charge in [0.15, 0.2) is 0 Å². The Morgan fingerprint density at radius 2 is 1.65 bits per heavy atom. The number of methoxy groups -OCH3 is 1. The second-order valence-corrected chi connectivity index (χ2v) is 5.65. The van der Waals surface area contributed by atoms with Gasteiger partial charge in [0.1, 0.15) is 5.75 Å². The number of hydrogen-bond donors (Lipinski definition) is 1. The maximum absolute atomic E-state index is 6.24. The van der Waals surface area contributed by atoms with E-state index in [1.165, 1.54) is 56.9 Å². The summed E-state index contributed by atoms with van der Waals surface area (Å²) in [4.78, 5) is 0. The SMILES string of the molecule is CCCCCCCCCCC(N)c1cccc(OC)c1. The first-order valence-electron chi connectivity index (χ1n) is 8.17. The molecule has 20 heavy (non-hydrogen) atoms. The van der Waals surface area contributed by atoms with E-state index in [1.807, 2.05) is 12.1 Å². The number of ether oxygens (including phenoxy) is 1. The molecule has 1 atom stereocenters. The molecule has 2 nitrogen and oxygen atoms in total. The van der Waals surface area contributed by atoms with Gasteiger partial charge < -0.3 is 10.5 Å². The minimum Gasteiger partial charge on any atom is -0.497 e. The molecule has 1 rings (SSSR count). The average molecular weight is 277 g/mol. The normalized spacial score (nSPS) is 12.3. The van der Waals surface area contributed by atoms with Gasteiger partial charge in [-0.25, -0.2) is 0 Å². The molecule has 0 bridgehead atoms. The molecule has 2 N–H and O–H groups in total. The monoisotopic (exact) mass is 277 g/mol. The molecule has 1 aromatic carbocycles. The van der Waals surface area contributed by atoms with E-state index < -0.39 is 0 Å². The van der Waals surface area contributed by atoms with Crippen molar-refractivity contribution in [1.29, 1.82) is 0 Å². The molecule has 0 heterocycles. The van der Waals surface area contributed by atoms with Gasteiger partial charge in [0.25, 0.3) is 0 Å². The highest BCUT2D eigenvalue weighted by molar-refractivity contribution is 5.30. The van der Waals surface area contributed by atoms with Crippen LogP contribution in [0.4, 0.5) is 0 Å². The molecule has 0 saturated carbocycles. The van der Waals surface area contributed by atoms with E-state index in [0.717, 1.165) is 12.2 Å². The molecular formula is C18H31NO. The Morgan fingerprint density at radius 3 is 2.30 bits per heavy atom. The summed E-state index contributed by atoms with van der Waals surface area (Å²) in [5.41, 5.74) is 7.43. The van der Waals surface area contributed by atoms with Crippen LogP contribution in [0.3, 0.4) is 0 Å². The maximum Gasteiger partial charge on any atom is 0.119 e. The molecule has 0 fully saturated rings. The fraction of sp³-hybridized carbons (Fsp3) is 0.667. The molecule has 0 aliphatic carbocycles. The third-order valence-electron chi connectivity index (χ3n) is 3.89. The van der Waals surface area contributed by atoms with Crippen LogP contribution >= 0.6 is 0 Å². The average Bonchev–Trinajstić information content (AvgIpc) is 2.49. The predicted molar refractivity (Wildman–Crippen MR) is 87.1 cm³/mol. The maximum atomic E-state index is 6.24. The van der Waals surface area contributed by atoms with Crippen LogP contribution in [-0.2, 0) is 0 Å². The lowest BCUT2D eigenvalue weighted by atomic mass is 10.00. The molecule has 0 spiro atoms. The Balaban J connectivity index is 2.12. The molecule has 0 saturated heterocycles. The van der Waals surface area contributed by atoms with E-state index >= 15 is 0 Å². The molecule has 0 radical (unpaired) electrons. The van der Waals surface area contributed by atoms with Gasteiger partial charge in [-0.2, -0.15) is 0 Å². The first kappa shape index (κ1) is 17.0. The number of nitrogens with two attached hydrogens (primary N) is 1. The van der Waals surface area contributed by atoms with Crippen molar-refractivity contribution in [2.24, 2.45) is 5.73 Å². The van der Waals surface area contributed by atoms with Crippen LogP contribution in [0.2, 0.25) is 0 Å². The summed E-state index contributed by atoms with van der Waals surface area (Å²) < 4.78 is 5.24. The van der Waals surface area contributed by atoms with Crippen molar-refractivity contribution < 1.29 is 4.74 Å². The summed E-state index contributed by atoms with van der Waals surface area (Å²) in [5, 5.41) is 0. The van der Waals surface area contributed by atoms with E-state index in [9.17, 15) is 0 Å². The van der Waals surface area contributed by atoms with E-state index in [1.54, 1.807) is 7.11 Å². The first-order valence-corrected chi connectivity index (χ1v) is 8.17. The molecular weight excluding hydrogens is 246 g/mol. The van der Waals surface area contributed by atoms with Crippen molar-refractivity contribution >= 4 is 0 Å². The Bertz CT molecular complexity index is 351. The quantitative estimate of drug-likeness (QED) is 0.562. The highest BCUT2D eigenvalue weighted by atomic mass is 16.5. The Hall–Kier alpha value is -1.02. The lowest BCUT2D eigenvalue weighted by molar-refractivity contribution is 0.413. The zero-order valence-electron chi connectivity index (χ0n) is 13.2. The minimum absolute atomic E-state index is 0.144. The Kier molecular flexibility index (Phi) is 9.14. The Labute approximate surface area is 124 Å². The molecule has 1 unspecified atom stereocenters. The van der Waals surface area contributed by atoms with Crippen molar-refractivity contribution in [3.8, 4) is 5.75 Å². The third-order valence-corrected chi connectivity index (χ3v) is 3.89. The van der Waals surface area contributed by atoms with Crippen molar-refractivity contribution in [3.63, 3.8) is 0 Å². The lowest BCUT2D eigenvalue weighted by Crippen LogP contribution is -2.10. The van der Waals surface area contributed by atoms with E-state index in [0.29, 0.717) is 0 Å². The summed E-state index contributed by atoms with van der Waals surface area (Å²) in [7, 11) is 1.70. The molecule has 1 aromatic rings. The van der Waals surface area contributed by atoms with Crippen LogP contribution in [0.15, 0.2) is 24.3 Å². The van der Waals surface area contributed by atoms with Crippen molar-refractivity contribution in [3.05, 3.63) is 29.8 Å². The smallest absolute Gasteiger partial charge is 0.119 e. The molecule has 0 aliphatic heterocycles. The minimum atomic E-state index is 0.144. The van der Waals surface area contributed by atoms with Crippen molar-refractivity contribution in [2.75, 3.05) is 7.11 Å². The third kappa shape index (κ3) is 6.95.